The largest absolute Gasteiger partial charge is 0.496 e. The molecule has 0 saturated carbocycles. The molecule has 1 aromatic rings. The van der Waals surface area contributed by atoms with E-state index in [1.165, 1.54) is 0 Å². The van der Waals surface area contributed by atoms with Gasteiger partial charge in [-0.1, -0.05) is 0 Å². The van der Waals surface area contributed by atoms with E-state index in [1.54, 1.807) is 19.2 Å². The van der Waals surface area contributed by atoms with Crippen LogP contribution in [0.4, 0.5) is 5.69 Å². The van der Waals surface area contributed by atoms with Crippen LogP contribution in [0, 0.1) is 6.57 Å². The Bertz CT molecular complexity index is 315. The number of hydrogen-bond donors (Lipinski definition) is 1. The van der Waals surface area contributed by atoms with Crippen molar-refractivity contribution in [2.75, 3.05) is 12.8 Å². The average Bonchev–Trinajstić information content (AvgIpc) is 2.08. The maximum Gasteiger partial charge on any atom is 0.243 e. The number of methoxy groups -OCH3 is 1. The van der Waals surface area contributed by atoms with Gasteiger partial charge >= 0.3 is 0 Å². The minimum Gasteiger partial charge on any atom is -0.496 e. The maximum absolute atomic E-state index is 6.70. The molecule has 2 N–H and O–H groups in total. The van der Waals surface area contributed by atoms with E-state index < -0.39 is 0 Å². The fourth-order valence-corrected chi connectivity index (χ4v) is 0.977. The van der Waals surface area contributed by atoms with E-state index >= 15 is 0 Å². The first-order valence-corrected chi connectivity index (χ1v) is 3.53. The smallest absolute Gasteiger partial charge is 0.243 e. The van der Waals surface area contributed by atoms with E-state index in [-0.39, 0.29) is 0 Å². The molecular weight excluding hydrogens is 152 g/mol. The Morgan fingerprint density at radius 3 is 2.92 bits per heavy atom. The monoisotopic (exact) mass is 162 g/mol. The summed E-state index contributed by atoms with van der Waals surface area (Å²) in [6, 6.07) is 5.30. The molecular formula is C9H10N2O. The van der Waals surface area contributed by atoms with Crippen molar-refractivity contribution in [2.24, 2.45) is 0 Å². The van der Waals surface area contributed by atoms with Crippen LogP contribution in [-0.4, -0.2) is 7.11 Å². The van der Waals surface area contributed by atoms with E-state index in [4.69, 9.17) is 17.0 Å². The molecule has 0 fully saturated rings. The van der Waals surface area contributed by atoms with Crippen molar-refractivity contribution in [3.63, 3.8) is 0 Å². The van der Waals surface area contributed by atoms with Gasteiger partial charge in [0.15, 0.2) is 0 Å². The van der Waals surface area contributed by atoms with Crippen LogP contribution in [-0.2, 0) is 6.54 Å². The summed E-state index contributed by atoms with van der Waals surface area (Å²) in [5.41, 5.74) is 7.07. The highest BCUT2D eigenvalue weighted by Crippen LogP contribution is 2.21. The predicted molar refractivity (Wildman–Crippen MR) is 47.7 cm³/mol. The van der Waals surface area contributed by atoms with Crippen molar-refractivity contribution < 1.29 is 4.74 Å². The zero-order valence-corrected chi connectivity index (χ0v) is 6.87. The Balaban J connectivity index is 3.04. The number of nitrogens with zero attached hydrogens (tertiary/aromatic N) is 1. The number of anilines is 1. The molecule has 0 spiro atoms. The second-order valence-electron chi connectivity index (χ2n) is 2.39. The van der Waals surface area contributed by atoms with Crippen molar-refractivity contribution >= 4 is 5.69 Å². The van der Waals surface area contributed by atoms with Crippen molar-refractivity contribution in [1.82, 2.24) is 0 Å². The molecule has 0 heterocycles. The van der Waals surface area contributed by atoms with E-state index in [0.717, 1.165) is 5.56 Å². The summed E-state index contributed by atoms with van der Waals surface area (Å²) >= 11 is 0. The number of nitrogen functional groups attached to an aromatic ring is 1. The fourth-order valence-electron chi connectivity index (χ4n) is 0.977. The van der Waals surface area contributed by atoms with Gasteiger partial charge < -0.3 is 15.3 Å². The van der Waals surface area contributed by atoms with Crippen LogP contribution in [0.25, 0.3) is 4.85 Å². The molecule has 0 radical (unpaired) electrons. The standard InChI is InChI=1S/C9H10N2O/c1-11-6-7-3-4-8(10)5-9(7)12-2/h3-5H,6,10H2,2H3. The first-order chi connectivity index (χ1) is 5.77. The Kier molecular flexibility index (Phi) is 2.54. The summed E-state index contributed by atoms with van der Waals surface area (Å²) in [6.45, 7) is 7.04. The minimum absolute atomic E-state index is 0.337. The lowest BCUT2D eigenvalue weighted by molar-refractivity contribution is 0.411. The molecule has 3 nitrogen and oxygen atoms in total. The minimum atomic E-state index is 0.337. The zero-order chi connectivity index (χ0) is 8.97. The third-order valence-corrected chi connectivity index (χ3v) is 1.56. The lowest BCUT2D eigenvalue weighted by atomic mass is 10.2. The highest BCUT2D eigenvalue weighted by Gasteiger charge is 2.04. The topological polar surface area (TPSA) is 39.6 Å². The average molecular weight is 162 g/mol. The molecule has 0 atom stereocenters. The van der Waals surface area contributed by atoms with Crippen LogP contribution in [0.2, 0.25) is 0 Å². The molecule has 12 heavy (non-hydrogen) atoms. The molecule has 0 aliphatic rings. The zero-order valence-electron chi connectivity index (χ0n) is 6.87. The number of hydrogen-bond acceptors (Lipinski definition) is 2. The fraction of sp³-hybridized carbons (Fsp3) is 0.222. The Morgan fingerprint density at radius 2 is 2.33 bits per heavy atom. The van der Waals surface area contributed by atoms with Crippen LogP contribution < -0.4 is 10.5 Å². The number of nitrogens with two attached hydrogens (primary N) is 1. The van der Waals surface area contributed by atoms with Crippen molar-refractivity contribution in [3.8, 4) is 5.75 Å². The summed E-state index contributed by atoms with van der Waals surface area (Å²) < 4.78 is 5.06. The van der Waals surface area contributed by atoms with Crippen LogP contribution in [0.15, 0.2) is 18.2 Å². The van der Waals surface area contributed by atoms with Gasteiger partial charge in [0, 0.05) is 11.8 Å². The summed E-state index contributed by atoms with van der Waals surface area (Å²) in [7, 11) is 1.57. The van der Waals surface area contributed by atoms with Crippen molar-refractivity contribution in [3.05, 3.63) is 35.2 Å². The molecule has 62 valence electrons. The van der Waals surface area contributed by atoms with Gasteiger partial charge in [-0.25, -0.2) is 6.57 Å². The van der Waals surface area contributed by atoms with Crippen LogP contribution >= 0.6 is 0 Å². The van der Waals surface area contributed by atoms with Gasteiger partial charge in [0.05, 0.1) is 12.7 Å². The highest BCUT2D eigenvalue weighted by molar-refractivity contribution is 5.48. The predicted octanol–water partition coefficient (Wildman–Crippen LogP) is 1.70. The molecule has 0 unspecified atom stereocenters. The summed E-state index contributed by atoms with van der Waals surface area (Å²) in [6.07, 6.45) is 0. The molecule has 1 aromatic carbocycles. The first-order valence-electron chi connectivity index (χ1n) is 3.53. The lowest BCUT2D eigenvalue weighted by Gasteiger charge is -2.03. The number of ether oxygens (including phenoxy) is 1. The van der Waals surface area contributed by atoms with Gasteiger partial charge in [-0.15, -0.1) is 0 Å². The third-order valence-electron chi connectivity index (χ3n) is 1.56. The molecule has 0 aliphatic heterocycles. The summed E-state index contributed by atoms with van der Waals surface area (Å²) in [5, 5.41) is 0. The maximum atomic E-state index is 6.70. The Morgan fingerprint density at radius 1 is 1.58 bits per heavy atom. The first kappa shape index (κ1) is 8.41. The molecule has 0 amide bonds. The molecule has 0 aliphatic carbocycles. The van der Waals surface area contributed by atoms with Gasteiger partial charge in [0.1, 0.15) is 5.75 Å². The molecule has 3 heteroatoms. The van der Waals surface area contributed by atoms with Gasteiger partial charge in [-0.3, -0.25) is 0 Å². The second kappa shape index (κ2) is 3.63. The van der Waals surface area contributed by atoms with Crippen LogP contribution in [0.5, 0.6) is 5.75 Å². The van der Waals surface area contributed by atoms with Gasteiger partial charge in [0.2, 0.25) is 6.54 Å². The second-order valence-corrected chi connectivity index (χ2v) is 2.39. The number of rotatable bonds is 2. The summed E-state index contributed by atoms with van der Waals surface area (Å²) in [4.78, 5) is 3.27. The van der Waals surface area contributed by atoms with Gasteiger partial charge in [-0.05, 0) is 12.1 Å². The van der Waals surface area contributed by atoms with Crippen LogP contribution in [0.1, 0.15) is 5.56 Å². The molecule has 1 rings (SSSR count). The molecule has 0 aromatic heterocycles. The quantitative estimate of drug-likeness (QED) is 0.531. The Labute approximate surface area is 71.6 Å². The number of benzene rings is 1. The van der Waals surface area contributed by atoms with Gasteiger partial charge in [-0.2, -0.15) is 0 Å². The lowest BCUT2D eigenvalue weighted by Crippen LogP contribution is -1.92. The summed E-state index contributed by atoms with van der Waals surface area (Å²) in [5.74, 6) is 0.686. The Hall–Kier alpha value is -1.69. The molecule has 0 bridgehead atoms. The van der Waals surface area contributed by atoms with E-state index in [2.05, 4.69) is 4.85 Å². The highest BCUT2D eigenvalue weighted by atomic mass is 16.5. The third kappa shape index (κ3) is 1.67. The molecule has 0 saturated heterocycles. The van der Waals surface area contributed by atoms with E-state index in [1.807, 2.05) is 6.07 Å². The van der Waals surface area contributed by atoms with Crippen molar-refractivity contribution in [2.45, 2.75) is 6.54 Å². The van der Waals surface area contributed by atoms with Crippen molar-refractivity contribution in [1.29, 1.82) is 0 Å². The van der Waals surface area contributed by atoms with Gasteiger partial charge in [0.25, 0.3) is 0 Å². The van der Waals surface area contributed by atoms with E-state index in [0.29, 0.717) is 18.0 Å². The van der Waals surface area contributed by atoms with E-state index in [9.17, 15) is 0 Å². The van der Waals surface area contributed by atoms with Crippen LogP contribution in [0.3, 0.4) is 0 Å². The SMILES string of the molecule is [C-]#[N+]Cc1ccc(N)cc1OC. The normalized spacial score (nSPS) is 9.00.